The van der Waals surface area contributed by atoms with Crippen molar-refractivity contribution in [1.82, 2.24) is 9.80 Å². The summed E-state index contributed by atoms with van der Waals surface area (Å²) in [5, 5.41) is 9.51. The summed E-state index contributed by atoms with van der Waals surface area (Å²) < 4.78 is 5.27. The van der Waals surface area contributed by atoms with Crippen LogP contribution in [0.4, 0.5) is 0 Å². The second-order valence-electron chi connectivity index (χ2n) is 5.78. The third-order valence-electron chi connectivity index (χ3n) is 3.89. The third-order valence-corrected chi connectivity index (χ3v) is 3.89. The lowest BCUT2D eigenvalue weighted by molar-refractivity contribution is 0.0423. The molecule has 0 radical (unpaired) electrons. The lowest BCUT2D eigenvalue weighted by Gasteiger charge is -2.40. The largest absolute Gasteiger partial charge is 0.497 e. The van der Waals surface area contributed by atoms with Crippen LogP contribution in [0.5, 0.6) is 5.75 Å². The van der Waals surface area contributed by atoms with E-state index in [1.54, 1.807) is 7.11 Å². The summed E-state index contributed by atoms with van der Waals surface area (Å²) in [7, 11) is 1.70. The van der Waals surface area contributed by atoms with Crippen LogP contribution in [0.1, 0.15) is 19.4 Å². The molecule has 0 amide bonds. The number of hydrogen-bond donors (Lipinski definition) is 1. The van der Waals surface area contributed by atoms with Crippen LogP contribution in [-0.4, -0.2) is 60.3 Å². The van der Waals surface area contributed by atoms with Gasteiger partial charge in [-0.25, -0.2) is 0 Å². The van der Waals surface area contributed by atoms with E-state index in [9.17, 15) is 5.11 Å². The van der Waals surface area contributed by atoms with E-state index in [-0.39, 0.29) is 6.10 Å². The SMILES string of the molecule is COc1cccc(CN2CCN(CC(C)O)C(C)C2)c1. The highest BCUT2D eigenvalue weighted by atomic mass is 16.5. The van der Waals surface area contributed by atoms with Gasteiger partial charge in [-0.05, 0) is 31.5 Å². The van der Waals surface area contributed by atoms with E-state index in [2.05, 4.69) is 28.9 Å². The third kappa shape index (κ3) is 4.20. The molecule has 4 nitrogen and oxygen atoms in total. The number of nitrogens with zero attached hydrogens (tertiary/aromatic N) is 2. The van der Waals surface area contributed by atoms with Gasteiger partial charge in [-0.1, -0.05) is 12.1 Å². The van der Waals surface area contributed by atoms with Crippen molar-refractivity contribution in [2.24, 2.45) is 0 Å². The minimum atomic E-state index is -0.248. The molecule has 0 spiro atoms. The highest BCUT2D eigenvalue weighted by Crippen LogP contribution is 2.17. The Morgan fingerprint density at radius 2 is 2.20 bits per heavy atom. The van der Waals surface area contributed by atoms with Gasteiger partial charge in [0, 0.05) is 38.8 Å². The van der Waals surface area contributed by atoms with Gasteiger partial charge < -0.3 is 9.84 Å². The van der Waals surface area contributed by atoms with Crippen LogP contribution in [0.15, 0.2) is 24.3 Å². The van der Waals surface area contributed by atoms with Gasteiger partial charge in [0.25, 0.3) is 0 Å². The predicted octanol–water partition coefficient (Wildman–Crippen LogP) is 1.58. The molecule has 0 aliphatic carbocycles. The highest BCUT2D eigenvalue weighted by molar-refractivity contribution is 5.28. The fourth-order valence-corrected chi connectivity index (χ4v) is 2.85. The molecule has 1 aliphatic heterocycles. The molecular weight excluding hydrogens is 252 g/mol. The molecule has 1 aromatic rings. The zero-order valence-electron chi connectivity index (χ0n) is 12.7. The molecule has 0 saturated carbocycles. The van der Waals surface area contributed by atoms with Gasteiger partial charge in [0.15, 0.2) is 0 Å². The molecule has 2 atom stereocenters. The minimum Gasteiger partial charge on any atom is -0.497 e. The van der Waals surface area contributed by atoms with Gasteiger partial charge in [-0.3, -0.25) is 9.80 Å². The number of aliphatic hydroxyl groups excluding tert-OH is 1. The maximum Gasteiger partial charge on any atom is 0.119 e. The summed E-state index contributed by atoms with van der Waals surface area (Å²) in [5.41, 5.74) is 1.29. The Hall–Kier alpha value is -1.10. The number of β-amino-alcohol motifs (C(OH)–C–C–N with tert-alkyl or cyclic N) is 1. The maximum absolute atomic E-state index is 9.51. The van der Waals surface area contributed by atoms with Gasteiger partial charge in [0.05, 0.1) is 13.2 Å². The van der Waals surface area contributed by atoms with Crippen LogP contribution < -0.4 is 4.74 Å². The van der Waals surface area contributed by atoms with Crippen molar-refractivity contribution in [3.63, 3.8) is 0 Å². The van der Waals surface area contributed by atoms with E-state index in [1.165, 1.54) is 5.56 Å². The van der Waals surface area contributed by atoms with Crippen molar-refractivity contribution in [2.45, 2.75) is 32.5 Å². The molecule has 1 fully saturated rings. The molecule has 0 bridgehead atoms. The van der Waals surface area contributed by atoms with Gasteiger partial charge in [0.1, 0.15) is 5.75 Å². The first kappa shape index (κ1) is 15.3. The van der Waals surface area contributed by atoms with Gasteiger partial charge in [0.2, 0.25) is 0 Å². The fraction of sp³-hybridized carbons (Fsp3) is 0.625. The summed E-state index contributed by atoms with van der Waals surface area (Å²) >= 11 is 0. The first-order valence-electron chi connectivity index (χ1n) is 7.36. The molecule has 0 aromatic heterocycles. The average molecular weight is 278 g/mol. The second-order valence-corrected chi connectivity index (χ2v) is 5.78. The number of methoxy groups -OCH3 is 1. The Balaban J connectivity index is 1.89. The summed E-state index contributed by atoms with van der Waals surface area (Å²) in [6, 6.07) is 8.76. The van der Waals surface area contributed by atoms with E-state index >= 15 is 0 Å². The Kier molecular flexibility index (Phi) is 5.40. The number of benzene rings is 1. The molecular formula is C16H26N2O2. The summed E-state index contributed by atoms with van der Waals surface area (Å²) in [5.74, 6) is 0.920. The zero-order valence-corrected chi connectivity index (χ0v) is 12.7. The van der Waals surface area contributed by atoms with E-state index in [0.717, 1.165) is 38.5 Å². The quantitative estimate of drug-likeness (QED) is 0.887. The van der Waals surface area contributed by atoms with Crippen molar-refractivity contribution in [3.8, 4) is 5.75 Å². The van der Waals surface area contributed by atoms with E-state index < -0.39 is 0 Å². The van der Waals surface area contributed by atoms with Crippen LogP contribution >= 0.6 is 0 Å². The molecule has 20 heavy (non-hydrogen) atoms. The van der Waals surface area contributed by atoms with E-state index in [1.807, 2.05) is 19.1 Å². The lowest BCUT2D eigenvalue weighted by Crippen LogP contribution is -2.53. The second kappa shape index (κ2) is 7.07. The molecule has 112 valence electrons. The summed E-state index contributed by atoms with van der Waals surface area (Å²) in [4.78, 5) is 4.84. The summed E-state index contributed by atoms with van der Waals surface area (Å²) in [6.07, 6.45) is -0.248. The van der Waals surface area contributed by atoms with Gasteiger partial charge in [-0.15, -0.1) is 0 Å². The lowest BCUT2D eigenvalue weighted by atomic mass is 10.1. The van der Waals surface area contributed by atoms with Crippen LogP contribution in [-0.2, 0) is 6.54 Å². The first-order chi connectivity index (χ1) is 9.58. The van der Waals surface area contributed by atoms with Crippen molar-refractivity contribution in [1.29, 1.82) is 0 Å². The van der Waals surface area contributed by atoms with Crippen LogP contribution in [0.25, 0.3) is 0 Å². The number of aliphatic hydroxyl groups is 1. The minimum absolute atomic E-state index is 0.248. The normalized spacial score (nSPS) is 22.7. The van der Waals surface area contributed by atoms with Crippen molar-refractivity contribution in [2.75, 3.05) is 33.3 Å². The number of hydrogen-bond acceptors (Lipinski definition) is 4. The van der Waals surface area contributed by atoms with Gasteiger partial charge >= 0.3 is 0 Å². The van der Waals surface area contributed by atoms with Crippen LogP contribution in [0, 0.1) is 0 Å². The Labute approximate surface area is 122 Å². The van der Waals surface area contributed by atoms with Crippen molar-refractivity contribution in [3.05, 3.63) is 29.8 Å². The van der Waals surface area contributed by atoms with Crippen LogP contribution in [0.2, 0.25) is 0 Å². The molecule has 1 aromatic carbocycles. The smallest absolute Gasteiger partial charge is 0.119 e. The Morgan fingerprint density at radius 1 is 1.40 bits per heavy atom. The molecule has 1 saturated heterocycles. The van der Waals surface area contributed by atoms with Gasteiger partial charge in [-0.2, -0.15) is 0 Å². The molecule has 2 rings (SSSR count). The molecule has 1 N–H and O–H groups in total. The molecule has 4 heteroatoms. The monoisotopic (exact) mass is 278 g/mol. The predicted molar refractivity (Wildman–Crippen MR) is 81.0 cm³/mol. The maximum atomic E-state index is 9.51. The highest BCUT2D eigenvalue weighted by Gasteiger charge is 2.24. The standard InChI is InChI=1S/C16H26N2O2/c1-13-10-17(7-8-18(13)11-14(2)19)12-15-5-4-6-16(9-15)20-3/h4-6,9,13-14,19H,7-8,10-12H2,1-3H3. The topological polar surface area (TPSA) is 35.9 Å². The zero-order chi connectivity index (χ0) is 14.5. The molecule has 1 aliphatic rings. The molecule has 1 heterocycles. The van der Waals surface area contributed by atoms with Crippen LogP contribution in [0.3, 0.4) is 0 Å². The summed E-state index contributed by atoms with van der Waals surface area (Å²) in [6.45, 7) is 8.95. The first-order valence-corrected chi connectivity index (χ1v) is 7.36. The number of ether oxygens (including phenoxy) is 1. The van der Waals surface area contributed by atoms with Crippen molar-refractivity contribution < 1.29 is 9.84 Å². The van der Waals surface area contributed by atoms with Crippen molar-refractivity contribution >= 4 is 0 Å². The Bertz CT molecular complexity index is 423. The fourth-order valence-electron chi connectivity index (χ4n) is 2.85. The van der Waals surface area contributed by atoms with E-state index in [4.69, 9.17) is 4.74 Å². The average Bonchev–Trinajstić information content (AvgIpc) is 2.42. The number of rotatable bonds is 5. The number of piperazine rings is 1. The Morgan fingerprint density at radius 3 is 2.85 bits per heavy atom. The molecule has 2 unspecified atom stereocenters. The van der Waals surface area contributed by atoms with E-state index in [0.29, 0.717) is 6.04 Å².